The highest BCUT2D eigenvalue weighted by Crippen LogP contribution is 2.37. The molecular formula is C26H31NO2. The van der Waals surface area contributed by atoms with E-state index in [0.29, 0.717) is 17.2 Å². The number of aryl methyl sites for hydroxylation is 1. The minimum absolute atomic E-state index is 0.0798. The Balaban J connectivity index is 1.55. The first-order chi connectivity index (χ1) is 14.0. The Morgan fingerprint density at radius 3 is 2.45 bits per heavy atom. The Labute approximate surface area is 174 Å². The van der Waals surface area contributed by atoms with Gasteiger partial charge in [0.15, 0.2) is 0 Å². The molecular weight excluding hydrogens is 358 g/mol. The average Bonchev–Trinajstić information content (AvgIpc) is 2.75. The van der Waals surface area contributed by atoms with Crippen molar-refractivity contribution < 1.29 is 9.53 Å². The Morgan fingerprint density at radius 1 is 1.14 bits per heavy atom. The number of hydrogen-bond acceptors (Lipinski definition) is 3. The Bertz CT molecular complexity index is 871. The van der Waals surface area contributed by atoms with Crippen LogP contribution in [-0.4, -0.2) is 5.97 Å². The van der Waals surface area contributed by atoms with Gasteiger partial charge in [0.2, 0.25) is 0 Å². The molecule has 1 atom stereocenters. The molecule has 1 aliphatic rings. The maximum Gasteiger partial charge on any atom is 0.314 e. The van der Waals surface area contributed by atoms with Crippen molar-refractivity contribution in [3.8, 4) is 11.8 Å². The maximum atomic E-state index is 12.6. The quantitative estimate of drug-likeness (QED) is 0.428. The van der Waals surface area contributed by atoms with Crippen LogP contribution in [0.2, 0.25) is 0 Å². The summed E-state index contributed by atoms with van der Waals surface area (Å²) in [5.41, 5.74) is 4.20. The Hall–Kier alpha value is -2.60. The first-order valence-electron chi connectivity index (χ1n) is 10.8. The molecule has 2 aromatic carbocycles. The van der Waals surface area contributed by atoms with E-state index in [1.165, 1.54) is 17.5 Å². The van der Waals surface area contributed by atoms with E-state index in [9.17, 15) is 10.1 Å². The number of esters is 1. The van der Waals surface area contributed by atoms with Gasteiger partial charge in [0.05, 0.1) is 11.5 Å². The number of nitrogens with zero attached hydrogens (tertiary/aromatic N) is 1. The van der Waals surface area contributed by atoms with Crippen LogP contribution in [0.5, 0.6) is 5.75 Å². The van der Waals surface area contributed by atoms with E-state index in [4.69, 9.17) is 4.74 Å². The fourth-order valence-electron chi connectivity index (χ4n) is 4.15. The van der Waals surface area contributed by atoms with E-state index in [1.807, 2.05) is 13.0 Å². The van der Waals surface area contributed by atoms with E-state index in [2.05, 4.69) is 44.2 Å². The van der Waals surface area contributed by atoms with Crippen molar-refractivity contribution in [3.63, 3.8) is 0 Å². The molecule has 3 heteroatoms. The highest BCUT2D eigenvalue weighted by molar-refractivity contribution is 5.76. The number of nitriles is 1. The number of rotatable bonds is 6. The molecule has 1 saturated carbocycles. The summed E-state index contributed by atoms with van der Waals surface area (Å²) >= 11 is 0. The zero-order valence-electron chi connectivity index (χ0n) is 17.8. The molecule has 0 aliphatic heterocycles. The molecule has 0 amide bonds. The third-order valence-corrected chi connectivity index (χ3v) is 6.26. The summed E-state index contributed by atoms with van der Waals surface area (Å²) in [6.07, 6.45) is 6.03. The molecule has 0 radical (unpaired) electrons. The molecule has 1 unspecified atom stereocenters. The van der Waals surface area contributed by atoms with Crippen molar-refractivity contribution in [2.45, 2.75) is 65.2 Å². The van der Waals surface area contributed by atoms with Gasteiger partial charge in [-0.15, -0.1) is 0 Å². The molecule has 29 heavy (non-hydrogen) atoms. The van der Waals surface area contributed by atoms with Gasteiger partial charge in [0, 0.05) is 0 Å². The molecule has 0 aromatic heterocycles. The number of benzene rings is 2. The lowest BCUT2D eigenvalue weighted by atomic mass is 9.78. The van der Waals surface area contributed by atoms with Crippen LogP contribution in [-0.2, 0) is 11.2 Å². The van der Waals surface area contributed by atoms with E-state index in [0.717, 1.165) is 43.6 Å². The molecule has 1 aliphatic carbocycles. The fraction of sp³-hybridized carbons (Fsp3) is 0.462. The van der Waals surface area contributed by atoms with Crippen molar-refractivity contribution >= 4 is 5.97 Å². The molecule has 3 nitrogen and oxygen atoms in total. The second-order valence-corrected chi connectivity index (χ2v) is 8.54. The minimum atomic E-state index is -0.201. The van der Waals surface area contributed by atoms with Crippen LogP contribution in [0.3, 0.4) is 0 Å². The average molecular weight is 390 g/mol. The summed E-state index contributed by atoms with van der Waals surface area (Å²) in [5, 5.41) is 9.27. The van der Waals surface area contributed by atoms with Crippen molar-refractivity contribution in [2.75, 3.05) is 0 Å². The second-order valence-electron chi connectivity index (χ2n) is 8.54. The summed E-state index contributed by atoms with van der Waals surface area (Å²) in [7, 11) is 0. The molecule has 0 saturated heterocycles. The summed E-state index contributed by atoms with van der Waals surface area (Å²) in [6, 6.07) is 16.5. The van der Waals surface area contributed by atoms with E-state index >= 15 is 0 Å². The zero-order valence-corrected chi connectivity index (χ0v) is 17.8. The predicted molar refractivity (Wildman–Crippen MR) is 116 cm³/mol. The van der Waals surface area contributed by atoms with Crippen LogP contribution in [0.25, 0.3) is 0 Å². The number of ether oxygens (including phenoxy) is 1. The van der Waals surface area contributed by atoms with Crippen LogP contribution in [0.15, 0.2) is 42.5 Å². The molecule has 1 fully saturated rings. The molecule has 0 spiro atoms. The Morgan fingerprint density at radius 2 is 1.83 bits per heavy atom. The summed E-state index contributed by atoms with van der Waals surface area (Å²) in [5.74, 6) is 1.33. The van der Waals surface area contributed by atoms with Gasteiger partial charge in [-0.25, -0.2) is 0 Å². The van der Waals surface area contributed by atoms with Gasteiger partial charge in [-0.3, -0.25) is 4.79 Å². The highest BCUT2D eigenvalue weighted by atomic mass is 16.5. The van der Waals surface area contributed by atoms with Crippen molar-refractivity contribution in [1.29, 1.82) is 5.26 Å². The second kappa shape index (κ2) is 9.74. The van der Waals surface area contributed by atoms with E-state index in [1.54, 1.807) is 12.1 Å². The fourth-order valence-corrected chi connectivity index (χ4v) is 4.15. The van der Waals surface area contributed by atoms with Crippen molar-refractivity contribution in [3.05, 3.63) is 64.7 Å². The number of hydrogen-bond donors (Lipinski definition) is 0. The lowest BCUT2D eigenvalue weighted by Gasteiger charge is -2.27. The molecule has 2 aromatic rings. The summed E-state index contributed by atoms with van der Waals surface area (Å²) in [4.78, 5) is 12.6. The van der Waals surface area contributed by atoms with Crippen LogP contribution in [0.1, 0.15) is 74.1 Å². The first-order valence-corrected chi connectivity index (χ1v) is 10.8. The lowest BCUT2D eigenvalue weighted by molar-refractivity contribution is -0.140. The van der Waals surface area contributed by atoms with Gasteiger partial charge in [0.25, 0.3) is 0 Å². The van der Waals surface area contributed by atoms with Gasteiger partial charge in [-0.1, -0.05) is 50.6 Å². The molecule has 152 valence electrons. The predicted octanol–water partition coefficient (Wildman–Crippen LogP) is 6.33. The van der Waals surface area contributed by atoms with Crippen LogP contribution < -0.4 is 4.74 Å². The molecule has 0 heterocycles. The summed E-state index contributed by atoms with van der Waals surface area (Å²) in [6.45, 7) is 6.46. The number of carbonyl (C=O) groups is 1. The van der Waals surface area contributed by atoms with Gasteiger partial charge in [0.1, 0.15) is 11.8 Å². The zero-order chi connectivity index (χ0) is 20.8. The largest absolute Gasteiger partial charge is 0.425 e. The third kappa shape index (κ3) is 5.48. The molecule has 0 N–H and O–H groups in total. The topological polar surface area (TPSA) is 50.1 Å². The standard InChI is InChI=1S/C26H31NO2/c1-4-18(2)15-20-6-8-21(9-7-20)22-10-12-23(13-11-22)26(28)29-25-14-5-19(3)16-24(25)17-27/h5-9,14,16,18,22-23H,4,10-13,15H2,1-3H3. The third-order valence-electron chi connectivity index (χ3n) is 6.26. The van der Waals surface area contributed by atoms with Gasteiger partial charge in [-0.2, -0.15) is 5.26 Å². The minimum Gasteiger partial charge on any atom is -0.425 e. The molecule has 0 bridgehead atoms. The normalized spacial score (nSPS) is 19.9. The van der Waals surface area contributed by atoms with Crippen molar-refractivity contribution in [2.24, 2.45) is 11.8 Å². The maximum absolute atomic E-state index is 12.6. The monoisotopic (exact) mass is 389 g/mol. The Kier molecular flexibility index (Phi) is 7.09. The van der Waals surface area contributed by atoms with Crippen molar-refractivity contribution in [1.82, 2.24) is 0 Å². The van der Waals surface area contributed by atoms with Crippen LogP contribution in [0, 0.1) is 30.1 Å². The van der Waals surface area contributed by atoms with Gasteiger partial charge in [-0.05, 0) is 79.7 Å². The van der Waals surface area contributed by atoms with E-state index < -0.39 is 0 Å². The van der Waals surface area contributed by atoms with Gasteiger partial charge >= 0.3 is 5.97 Å². The SMILES string of the molecule is CCC(C)Cc1ccc(C2CCC(C(=O)Oc3ccc(C)cc3C#N)CC2)cc1. The first kappa shape index (κ1) is 21.1. The van der Waals surface area contributed by atoms with Gasteiger partial charge < -0.3 is 4.74 Å². The van der Waals surface area contributed by atoms with E-state index in [-0.39, 0.29) is 11.9 Å². The highest BCUT2D eigenvalue weighted by Gasteiger charge is 2.29. The summed E-state index contributed by atoms with van der Waals surface area (Å²) < 4.78 is 5.57. The molecule has 3 rings (SSSR count). The lowest BCUT2D eigenvalue weighted by Crippen LogP contribution is -2.25. The van der Waals surface area contributed by atoms with Crippen LogP contribution in [0.4, 0.5) is 0 Å². The number of carbonyl (C=O) groups excluding carboxylic acids is 1. The van der Waals surface area contributed by atoms with Crippen LogP contribution >= 0.6 is 0 Å². The smallest absolute Gasteiger partial charge is 0.314 e.